The predicted molar refractivity (Wildman–Crippen MR) is 153 cm³/mol. The van der Waals surface area contributed by atoms with Crippen molar-refractivity contribution in [2.75, 3.05) is 52.7 Å². The number of rotatable bonds is 10. The highest BCUT2D eigenvalue weighted by Crippen LogP contribution is 2.39. The van der Waals surface area contributed by atoms with Crippen molar-refractivity contribution >= 4 is 22.8 Å². The number of ether oxygens (including phenoxy) is 2. The SMILES string of the molecule is COCCN(C)CC=CC(=O)N1CC[C@@H](n2c(F)c(-c3ccc(Oc4ccccc4)cc3)c3c(N)ncnc32)C1. The molecule has 208 valence electrons. The summed E-state index contributed by atoms with van der Waals surface area (Å²) in [4.78, 5) is 25.2. The lowest BCUT2D eigenvalue weighted by Crippen LogP contribution is -2.28. The lowest BCUT2D eigenvalue weighted by atomic mass is 10.1. The Balaban J connectivity index is 1.37. The molecule has 40 heavy (non-hydrogen) atoms. The molecule has 0 radical (unpaired) electrons. The number of nitrogen functional groups attached to an aromatic ring is 1. The summed E-state index contributed by atoms with van der Waals surface area (Å²) in [5, 5.41) is 0.459. The minimum Gasteiger partial charge on any atom is -0.457 e. The molecule has 1 amide bonds. The number of benzene rings is 2. The molecule has 4 aromatic rings. The fourth-order valence-corrected chi connectivity index (χ4v) is 4.97. The van der Waals surface area contributed by atoms with Gasteiger partial charge in [-0.1, -0.05) is 36.4 Å². The van der Waals surface area contributed by atoms with Gasteiger partial charge in [-0.2, -0.15) is 4.39 Å². The molecule has 0 bridgehead atoms. The first-order chi connectivity index (χ1) is 19.5. The molecule has 0 spiro atoms. The van der Waals surface area contributed by atoms with E-state index in [9.17, 15) is 4.79 Å². The van der Waals surface area contributed by atoms with Gasteiger partial charge >= 0.3 is 0 Å². The smallest absolute Gasteiger partial charge is 0.246 e. The second-order valence-electron chi connectivity index (χ2n) is 9.82. The zero-order chi connectivity index (χ0) is 28.1. The maximum absolute atomic E-state index is 16.2. The van der Waals surface area contributed by atoms with E-state index in [-0.39, 0.29) is 17.8 Å². The van der Waals surface area contributed by atoms with Crippen LogP contribution in [-0.4, -0.2) is 77.2 Å². The summed E-state index contributed by atoms with van der Waals surface area (Å²) in [6.07, 6.45) is 5.37. The van der Waals surface area contributed by atoms with E-state index in [1.165, 1.54) is 6.33 Å². The largest absolute Gasteiger partial charge is 0.457 e. The minimum absolute atomic E-state index is 0.0946. The monoisotopic (exact) mass is 544 g/mol. The van der Waals surface area contributed by atoms with Gasteiger partial charge < -0.3 is 25.0 Å². The highest BCUT2D eigenvalue weighted by Gasteiger charge is 2.32. The molecule has 2 N–H and O–H groups in total. The number of fused-ring (bicyclic) bond motifs is 1. The van der Waals surface area contributed by atoms with Crippen molar-refractivity contribution < 1.29 is 18.7 Å². The van der Waals surface area contributed by atoms with Crippen molar-refractivity contribution in [3.05, 3.63) is 79.0 Å². The molecule has 0 aliphatic carbocycles. The van der Waals surface area contributed by atoms with Crippen LogP contribution in [0.1, 0.15) is 12.5 Å². The molecule has 1 fully saturated rings. The summed E-state index contributed by atoms with van der Waals surface area (Å²) in [5.74, 6) is 1.00. The second-order valence-corrected chi connectivity index (χ2v) is 9.82. The van der Waals surface area contributed by atoms with Gasteiger partial charge in [-0.25, -0.2) is 9.97 Å². The first-order valence-corrected chi connectivity index (χ1v) is 13.2. The quantitative estimate of drug-likeness (QED) is 0.293. The molecule has 1 aliphatic rings. The molecule has 1 aliphatic heterocycles. The number of nitrogens with two attached hydrogens (primary N) is 1. The van der Waals surface area contributed by atoms with Gasteiger partial charge in [0.15, 0.2) is 0 Å². The number of hydrogen-bond acceptors (Lipinski definition) is 7. The number of methoxy groups -OCH3 is 1. The standard InChI is InChI=1S/C30H33FN6O3/c1-35(17-18-39-2)15-6-9-25(38)36-16-14-22(19-36)37-28(31)26(27-29(32)33-20-34-30(27)37)21-10-12-24(13-11-21)40-23-7-4-3-5-8-23/h3-13,20,22H,14-19H2,1-2H3,(H2,32,33,34)/t22-/m1/s1. The van der Waals surface area contributed by atoms with Crippen LogP contribution in [0.4, 0.5) is 10.2 Å². The molecule has 2 aromatic carbocycles. The number of amides is 1. The molecule has 2 aromatic heterocycles. The van der Waals surface area contributed by atoms with Crippen molar-refractivity contribution in [3.63, 3.8) is 0 Å². The van der Waals surface area contributed by atoms with Gasteiger partial charge in [-0.3, -0.25) is 9.36 Å². The van der Waals surface area contributed by atoms with Gasteiger partial charge in [0, 0.05) is 44.9 Å². The summed E-state index contributed by atoms with van der Waals surface area (Å²) >= 11 is 0. The number of para-hydroxylation sites is 1. The van der Waals surface area contributed by atoms with E-state index in [0.29, 0.717) is 66.3 Å². The molecule has 5 rings (SSSR count). The Labute approximate surface area is 232 Å². The minimum atomic E-state index is -0.450. The Morgan fingerprint density at radius 1 is 1.15 bits per heavy atom. The van der Waals surface area contributed by atoms with Crippen LogP contribution in [0.5, 0.6) is 11.5 Å². The van der Waals surface area contributed by atoms with E-state index >= 15 is 4.39 Å². The van der Waals surface area contributed by atoms with Crippen LogP contribution in [0.25, 0.3) is 22.2 Å². The normalized spacial score (nSPS) is 15.5. The molecule has 1 saturated heterocycles. The lowest BCUT2D eigenvalue weighted by Gasteiger charge is -2.17. The van der Waals surface area contributed by atoms with Crippen LogP contribution in [-0.2, 0) is 9.53 Å². The van der Waals surface area contributed by atoms with Crippen LogP contribution in [0.3, 0.4) is 0 Å². The van der Waals surface area contributed by atoms with Crippen LogP contribution < -0.4 is 10.5 Å². The maximum Gasteiger partial charge on any atom is 0.246 e. The first kappa shape index (κ1) is 27.3. The number of nitrogens with zero attached hydrogens (tertiary/aromatic N) is 5. The molecule has 3 heterocycles. The predicted octanol–water partition coefficient (Wildman–Crippen LogP) is 4.52. The molecular weight excluding hydrogens is 511 g/mol. The fourth-order valence-electron chi connectivity index (χ4n) is 4.97. The highest BCUT2D eigenvalue weighted by molar-refractivity contribution is 6.01. The fraction of sp³-hybridized carbons (Fsp3) is 0.300. The van der Waals surface area contributed by atoms with Crippen molar-refractivity contribution in [1.29, 1.82) is 0 Å². The third kappa shape index (κ3) is 5.83. The van der Waals surface area contributed by atoms with Gasteiger partial charge in [-0.15, -0.1) is 0 Å². The van der Waals surface area contributed by atoms with Gasteiger partial charge in [0.2, 0.25) is 11.9 Å². The Morgan fingerprint density at radius 2 is 1.90 bits per heavy atom. The Morgan fingerprint density at radius 3 is 2.65 bits per heavy atom. The number of aromatic nitrogens is 3. The highest BCUT2D eigenvalue weighted by atomic mass is 19.1. The number of carbonyl (C=O) groups is 1. The third-order valence-corrected chi connectivity index (χ3v) is 7.07. The third-order valence-electron chi connectivity index (χ3n) is 7.07. The molecule has 0 saturated carbocycles. The van der Waals surface area contributed by atoms with E-state index in [0.717, 1.165) is 6.54 Å². The van der Waals surface area contributed by atoms with Crippen LogP contribution in [0.2, 0.25) is 0 Å². The van der Waals surface area contributed by atoms with E-state index in [1.807, 2.05) is 43.5 Å². The summed E-state index contributed by atoms with van der Waals surface area (Å²) in [6.45, 7) is 2.93. The Hall–Kier alpha value is -4.28. The molecule has 9 nitrogen and oxygen atoms in total. The summed E-state index contributed by atoms with van der Waals surface area (Å²) in [7, 11) is 3.63. The van der Waals surface area contributed by atoms with E-state index in [4.69, 9.17) is 15.2 Å². The van der Waals surface area contributed by atoms with Gasteiger partial charge in [0.05, 0.1) is 18.0 Å². The molecular formula is C30H33FN6O3. The summed E-state index contributed by atoms with van der Waals surface area (Å²) in [5.41, 5.74) is 7.64. The number of carbonyl (C=O) groups excluding carboxylic acids is 1. The number of anilines is 1. The topological polar surface area (TPSA) is 98.7 Å². The number of likely N-dealkylation sites (tertiary alicyclic amines) is 1. The van der Waals surface area contributed by atoms with Crippen molar-refractivity contribution in [3.8, 4) is 22.6 Å². The summed E-state index contributed by atoms with van der Waals surface area (Å²) in [6, 6.07) is 16.3. The zero-order valence-corrected chi connectivity index (χ0v) is 22.7. The van der Waals surface area contributed by atoms with Crippen LogP contribution >= 0.6 is 0 Å². The zero-order valence-electron chi connectivity index (χ0n) is 22.7. The molecule has 1 atom stereocenters. The van der Waals surface area contributed by atoms with Crippen LogP contribution in [0, 0.1) is 5.95 Å². The van der Waals surface area contributed by atoms with Gasteiger partial charge in [-0.05, 0) is 43.3 Å². The summed E-state index contributed by atoms with van der Waals surface area (Å²) < 4.78 is 28.8. The number of halogens is 1. The Kier molecular flexibility index (Phi) is 8.37. The average Bonchev–Trinajstić information content (AvgIpc) is 3.56. The molecule has 10 heteroatoms. The van der Waals surface area contributed by atoms with Crippen molar-refractivity contribution in [2.24, 2.45) is 0 Å². The van der Waals surface area contributed by atoms with E-state index in [2.05, 4.69) is 14.9 Å². The number of likely N-dealkylation sites (N-methyl/N-ethyl adjacent to an activating group) is 1. The van der Waals surface area contributed by atoms with Gasteiger partial charge in [0.25, 0.3) is 0 Å². The second kappa shape index (κ2) is 12.3. The van der Waals surface area contributed by atoms with E-state index in [1.54, 1.807) is 46.9 Å². The lowest BCUT2D eigenvalue weighted by molar-refractivity contribution is -0.125. The average molecular weight is 545 g/mol. The van der Waals surface area contributed by atoms with Crippen LogP contribution in [0.15, 0.2) is 73.1 Å². The van der Waals surface area contributed by atoms with Crippen molar-refractivity contribution in [2.45, 2.75) is 12.5 Å². The Bertz CT molecular complexity index is 1490. The maximum atomic E-state index is 16.2. The molecule has 0 unspecified atom stereocenters. The number of hydrogen-bond donors (Lipinski definition) is 1. The van der Waals surface area contributed by atoms with Gasteiger partial charge in [0.1, 0.15) is 29.3 Å². The van der Waals surface area contributed by atoms with E-state index < -0.39 is 5.95 Å². The van der Waals surface area contributed by atoms with Crippen molar-refractivity contribution in [1.82, 2.24) is 24.3 Å². The first-order valence-electron chi connectivity index (χ1n) is 13.2.